The molecule has 0 radical (unpaired) electrons. The van der Waals surface area contributed by atoms with Crippen LogP contribution in [0.1, 0.15) is 50.2 Å². The van der Waals surface area contributed by atoms with Crippen molar-refractivity contribution in [1.29, 1.82) is 0 Å². The zero-order chi connectivity index (χ0) is 31.9. The number of anilines is 2. The third-order valence-corrected chi connectivity index (χ3v) is 12.9. The summed E-state index contributed by atoms with van der Waals surface area (Å²) < 4.78 is 6.89. The number of carbonyl (C=O) groups excluding carboxylic acids is 3. The second-order valence-electron chi connectivity index (χ2n) is 13.8. The van der Waals surface area contributed by atoms with E-state index in [4.69, 9.17) is 4.74 Å². The summed E-state index contributed by atoms with van der Waals surface area (Å²) in [7, 11) is -2.98. The maximum Gasteiger partial charge on any atom is 0.264 e. The van der Waals surface area contributed by atoms with E-state index < -0.39 is 31.5 Å². The van der Waals surface area contributed by atoms with E-state index in [2.05, 4.69) is 10.6 Å². The molecule has 6 rings (SSSR count). The topological polar surface area (TPSA) is 131 Å². The number of aliphatic hydroxyl groups is 1. The Morgan fingerprint density at radius 1 is 1.13 bits per heavy atom. The standard InChI is InChI=1S/C34H46N4O6Si/c1-22-31(45(2,3)43)29(18-30(40)37-16-8-12-26(37)21-39)44-34(22)27-17-25(36-32(41)24-11-7-15-35-19-24)13-14-28(27)38(33(34)42)20-23-9-5-4-6-10-23/h4-6,9-10,13-14,17,22,24,26,29,31,35,39,43H,7-8,11-12,15-16,18-21H2,1-3H3,(H,36,41)/t22-,24?,26+,29+,31-,34+/m1/s1. The molecule has 4 heterocycles. The fourth-order valence-corrected chi connectivity index (χ4v) is 10.8. The first-order valence-corrected chi connectivity index (χ1v) is 19.4. The van der Waals surface area contributed by atoms with Crippen LogP contribution in [-0.2, 0) is 31.3 Å². The summed E-state index contributed by atoms with van der Waals surface area (Å²) in [5.74, 6) is -0.974. The van der Waals surface area contributed by atoms with Crippen molar-refractivity contribution in [2.45, 2.75) is 82.0 Å². The first kappa shape index (κ1) is 31.9. The Morgan fingerprint density at radius 3 is 2.60 bits per heavy atom. The van der Waals surface area contributed by atoms with E-state index in [1.807, 2.05) is 68.5 Å². The number of nitrogens with one attached hydrogen (secondary N) is 2. The highest BCUT2D eigenvalue weighted by Crippen LogP contribution is 2.60. The fraction of sp³-hybridized carbons (Fsp3) is 0.559. The monoisotopic (exact) mass is 634 g/mol. The van der Waals surface area contributed by atoms with E-state index in [0.717, 1.165) is 37.8 Å². The molecule has 11 heteroatoms. The fourth-order valence-electron chi connectivity index (χ4n) is 8.24. The molecule has 4 aliphatic heterocycles. The van der Waals surface area contributed by atoms with Crippen molar-refractivity contribution in [2.24, 2.45) is 11.8 Å². The van der Waals surface area contributed by atoms with Crippen LogP contribution in [0.25, 0.3) is 0 Å². The van der Waals surface area contributed by atoms with Crippen molar-refractivity contribution in [1.82, 2.24) is 10.2 Å². The van der Waals surface area contributed by atoms with Gasteiger partial charge in [0.2, 0.25) is 11.8 Å². The van der Waals surface area contributed by atoms with Crippen LogP contribution in [0.5, 0.6) is 0 Å². The van der Waals surface area contributed by atoms with Crippen LogP contribution in [0.15, 0.2) is 48.5 Å². The Bertz CT molecular complexity index is 1430. The molecule has 0 bridgehead atoms. The molecule has 4 N–H and O–H groups in total. The summed E-state index contributed by atoms with van der Waals surface area (Å²) >= 11 is 0. The molecule has 45 heavy (non-hydrogen) atoms. The predicted molar refractivity (Wildman–Crippen MR) is 174 cm³/mol. The zero-order valence-electron chi connectivity index (χ0n) is 26.5. The number of hydrogen-bond acceptors (Lipinski definition) is 7. The molecule has 3 fully saturated rings. The number of amides is 3. The highest BCUT2D eigenvalue weighted by molar-refractivity contribution is 6.71. The maximum absolute atomic E-state index is 14.8. The number of ether oxygens (including phenoxy) is 1. The Morgan fingerprint density at radius 2 is 1.91 bits per heavy atom. The summed E-state index contributed by atoms with van der Waals surface area (Å²) in [5.41, 5.74) is 1.08. The van der Waals surface area contributed by atoms with E-state index in [1.165, 1.54) is 0 Å². The predicted octanol–water partition coefficient (Wildman–Crippen LogP) is 3.34. The summed E-state index contributed by atoms with van der Waals surface area (Å²) in [6, 6.07) is 15.1. The van der Waals surface area contributed by atoms with Crippen LogP contribution in [0.4, 0.5) is 11.4 Å². The Labute approximate surface area is 266 Å². The Kier molecular flexibility index (Phi) is 8.92. The summed E-state index contributed by atoms with van der Waals surface area (Å²) in [6.07, 6.45) is 2.69. The summed E-state index contributed by atoms with van der Waals surface area (Å²) in [5, 5.41) is 16.2. The number of fused-ring (bicyclic) bond motifs is 2. The van der Waals surface area contributed by atoms with Gasteiger partial charge in [0, 0.05) is 35.8 Å². The molecule has 1 unspecified atom stereocenters. The van der Waals surface area contributed by atoms with Crippen LogP contribution >= 0.6 is 0 Å². The first-order valence-electron chi connectivity index (χ1n) is 16.4. The van der Waals surface area contributed by atoms with Gasteiger partial charge in [0.1, 0.15) is 0 Å². The molecule has 6 atom stereocenters. The van der Waals surface area contributed by atoms with E-state index in [9.17, 15) is 24.3 Å². The van der Waals surface area contributed by atoms with Gasteiger partial charge in [-0.15, -0.1) is 0 Å². The number of nitrogens with zero attached hydrogens (tertiary/aromatic N) is 2. The van der Waals surface area contributed by atoms with Gasteiger partial charge in [-0.2, -0.15) is 0 Å². The van der Waals surface area contributed by atoms with Gasteiger partial charge in [0.25, 0.3) is 5.91 Å². The lowest BCUT2D eigenvalue weighted by Crippen LogP contribution is -2.46. The molecule has 0 aromatic heterocycles. The number of piperidine rings is 1. The van der Waals surface area contributed by atoms with Gasteiger partial charge in [0.15, 0.2) is 13.9 Å². The quantitative estimate of drug-likeness (QED) is 0.328. The number of hydrogen-bond donors (Lipinski definition) is 4. The summed E-state index contributed by atoms with van der Waals surface area (Å²) in [6.45, 7) is 8.01. The molecule has 3 saturated heterocycles. The highest BCUT2D eigenvalue weighted by atomic mass is 28.4. The highest BCUT2D eigenvalue weighted by Gasteiger charge is 2.66. The van der Waals surface area contributed by atoms with Crippen molar-refractivity contribution in [3.8, 4) is 0 Å². The van der Waals surface area contributed by atoms with Crippen LogP contribution in [-0.4, -0.2) is 79.2 Å². The third kappa shape index (κ3) is 5.85. The van der Waals surface area contributed by atoms with Gasteiger partial charge in [0.05, 0.1) is 43.3 Å². The van der Waals surface area contributed by atoms with Gasteiger partial charge in [-0.05, 0) is 69.1 Å². The van der Waals surface area contributed by atoms with E-state index >= 15 is 0 Å². The van der Waals surface area contributed by atoms with E-state index in [0.29, 0.717) is 36.6 Å². The molecule has 0 saturated carbocycles. The molecule has 10 nitrogen and oxygen atoms in total. The van der Waals surface area contributed by atoms with Crippen molar-refractivity contribution in [2.75, 3.05) is 36.5 Å². The Hall–Kier alpha value is -3.09. The van der Waals surface area contributed by atoms with Gasteiger partial charge in [-0.25, -0.2) is 0 Å². The van der Waals surface area contributed by atoms with Gasteiger partial charge in [-0.1, -0.05) is 37.3 Å². The van der Waals surface area contributed by atoms with Gasteiger partial charge < -0.3 is 35.1 Å². The normalized spacial score (nSPS) is 29.8. The Balaban J connectivity index is 1.38. The van der Waals surface area contributed by atoms with Crippen molar-refractivity contribution in [3.63, 3.8) is 0 Å². The van der Waals surface area contributed by atoms with Crippen molar-refractivity contribution < 1.29 is 29.0 Å². The van der Waals surface area contributed by atoms with Gasteiger partial charge in [-0.3, -0.25) is 14.4 Å². The number of rotatable bonds is 8. The first-order chi connectivity index (χ1) is 21.5. The van der Waals surface area contributed by atoms with Crippen LogP contribution in [0.2, 0.25) is 18.6 Å². The SMILES string of the molecule is C[C@@H]1[C@@H]([Si](C)(C)O)[C@H](CC(=O)N2CCC[C@H]2CO)O[C@@]12C(=O)N(Cc1ccccc1)c1ccc(NC(=O)C3CCCNC3)cc12. The number of aliphatic hydroxyl groups excluding tert-OH is 1. The molecular weight excluding hydrogens is 588 g/mol. The lowest BCUT2D eigenvalue weighted by molar-refractivity contribution is -0.150. The molecule has 2 aromatic rings. The minimum absolute atomic E-state index is 0.0245. The lowest BCUT2D eigenvalue weighted by atomic mass is 9.82. The number of carbonyl (C=O) groups is 3. The molecule has 3 amide bonds. The molecular formula is C34H46N4O6Si. The van der Waals surface area contributed by atoms with Gasteiger partial charge >= 0.3 is 0 Å². The van der Waals surface area contributed by atoms with Crippen LogP contribution < -0.4 is 15.5 Å². The van der Waals surface area contributed by atoms with Crippen LogP contribution in [0.3, 0.4) is 0 Å². The van der Waals surface area contributed by atoms with Crippen molar-refractivity contribution >= 4 is 37.4 Å². The minimum Gasteiger partial charge on any atom is -0.432 e. The lowest BCUT2D eigenvalue weighted by Gasteiger charge is -2.33. The average molecular weight is 635 g/mol. The summed E-state index contributed by atoms with van der Waals surface area (Å²) in [4.78, 5) is 56.7. The molecule has 2 aromatic carbocycles. The second kappa shape index (κ2) is 12.6. The molecule has 1 spiro atoms. The van der Waals surface area contributed by atoms with Crippen molar-refractivity contribution in [3.05, 3.63) is 59.7 Å². The molecule has 4 aliphatic rings. The van der Waals surface area contributed by atoms with E-state index in [1.54, 1.807) is 9.80 Å². The third-order valence-electron chi connectivity index (χ3n) is 10.4. The average Bonchev–Trinajstić information content (AvgIpc) is 3.68. The maximum atomic E-state index is 14.8. The zero-order valence-corrected chi connectivity index (χ0v) is 27.5. The van der Waals surface area contributed by atoms with E-state index in [-0.39, 0.29) is 42.7 Å². The second-order valence-corrected chi connectivity index (χ2v) is 17.7. The largest absolute Gasteiger partial charge is 0.432 e. The number of benzene rings is 2. The number of likely N-dealkylation sites (tertiary alicyclic amines) is 1. The molecule has 242 valence electrons. The van der Waals surface area contributed by atoms with Crippen LogP contribution in [0, 0.1) is 11.8 Å². The minimum atomic E-state index is -2.98. The molecule has 0 aliphatic carbocycles. The smallest absolute Gasteiger partial charge is 0.264 e.